The first-order valence-corrected chi connectivity index (χ1v) is 9.80. The molecule has 2 fully saturated rings. The minimum absolute atomic E-state index is 0.177. The van der Waals surface area contributed by atoms with Gasteiger partial charge in [0.2, 0.25) is 15.9 Å². The molecule has 1 amide bonds. The maximum atomic E-state index is 11.7. The lowest BCUT2D eigenvalue weighted by atomic mass is 10.3. The molecule has 2 aliphatic rings. The third-order valence-corrected chi connectivity index (χ3v) is 6.22. The van der Waals surface area contributed by atoms with Crippen molar-refractivity contribution in [2.45, 2.75) is 32.2 Å². The zero-order valence-electron chi connectivity index (χ0n) is 13.9. The molecule has 0 saturated carbocycles. The van der Waals surface area contributed by atoms with Crippen LogP contribution < -0.4 is 10.6 Å². The van der Waals surface area contributed by atoms with Gasteiger partial charge in [-0.15, -0.1) is 0 Å². The summed E-state index contributed by atoms with van der Waals surface area (Å²) in [6.45, 7) is 4.90. The minimum atomic E-state index is -3.04. The number of hydrogen-bond acceptors (Lipinski definition) is 4. The van der Waals surface area contributed by atoms with Gasteiger partial charge in [0.1, 0.15) is 0 Å². The molecule has 2 saturated heterocycles. The van der Waals surface area contributed by atoms with E-state index in [1.807, 2.05) is 11.8 Å². The number of carbonyl (C=O) groups is 1. The molecule has 0 spiro atoms. The summed E-state index contributed by atoms with van der Waals surface area (Å²) >= 11 is 0. The second-order valence-corrected chi connectivity index (χ2v) is 7.98. The smallest absolute Gasteiger partial charge is 0.222 e. The maximum Gasteiger partial charge on any atom is 0.222 e. The lowest BCUT2D eigenvalue weighted by Gasteiger charge is -2.20. The topological polar surface area (TPSA) is 94.1 Å². The lowest BCUT2D eigenvalue weighted by Crippen LogP contribution is -2.47. The molecule has 132 valence electrons. The van der Waals surface area contributed by atoms with Crippen LogP contribution in [0.5, 0.6) is 0 Å². The Kier molecular flexibility index (Phi) is 6.23. The van der Waals surface area contributed by atoms with E-state index >= 15 is 0 Å². The van der Waals surface area contributed by atoms with E-state index in [2.05, 4.69) is 15.6 Å². The zero-order valence-corrected chi connectivity index (χ0v) is 14.7. The molecule has 23 heavy (non-hydrogen) atoms. The van der Waals surface area contributed by atoms with Crippen LogP contribution in [0.15, 0.2) is 4.99 Å². The number of sulfonamides is 1. The third kappa shape index (κ3) is 4.81. The van der Waals surface area contributed by atoms with Crippen LogP contribution in [0.1, 0.15) is 26.2 Å². The average molecular weight is 345 g/mol. The van der Waals surface area contributed by atoms with E-state index in [4.69, 9.17) is 0 Å². The van der Waals surface area contributed by atoms with Gasteiger partial charge < -0.3 is 15.5 Å². The van der Waals surface area contributed by atoms with Crippen molar-refractivity contribution in [3.8, 4) is 0 Å². The Labute approximate surface area is 138 Å². The Morgan fingerprint density at radius 1 is 1.35 bits per heavy atom. The molecule has 1 atom stereocenters. The fourth-order valence-electron chi connectivity index (χ4n) is 2.96. The zero-order chi connectivity index (χ0) is 16.9. The Hall–Kier alpha value is -1.35. The van der Waals surface area contributed by atoms with Crippen LogP contribution in [0.4, 0.5) is 0 Å². The molecule has 2 N–H and O–H groups in total. The van der Waals surface area contributed by atoms with E-state index in [0.29, 0.717) is 45.0 Å². The molecule has 0 aromatic rings. The van der Waals surface area contributed by atoms with Crippen LogP contribution in [0, 0.1) is 0 Å². The van der Waals surface area contributed by atoms with Crippen molar-refractivity contribution in [3.05, 3.63) is 0 Å². The van der Waals surface area contributed by atoms with Crippen molar-refractivity contribution in [1.29, 1.82) is 0 Å². The average Bonchev–Trinajstić information content (AvgIpc) is 3.12. The number of guanidine groups is 1. The predicted molar refractivity (Wildman–Crippen MR) is 89.8 cm³/mol. The molecule has 0 bridgehead atoms. The van der Waals surface area contributed by atoms with Crippen LogP contribution in [0.2, 0.25) is 0 Å². The summed E-state index contributed by atoms with van der Waals surface area (Å²) in [5.74, 6) is 1.08. The Balaban J connectivity index is 1.73. The van der Waals surface area contributed by atoms with Crippen LogP contribution in [-0.4, -0.2) is 81.1 Å². The van der Waals surface area contributed by atoms with E-state index in [-0.39, 0.29) is 17.7 Å². The molecule has 0 aromatic heterocycles. The van der Waals surface area contributed by atoms with Crippen molar-refractivity contribution in [2.75, 3.05) is 45.5 Å². The molecule has 8 nitrogen and oxygen atoms in total. The highest BCUT2D eigenvalue weighted by Gasteiger charge is 2.28. The van der Waals surface area contributed by atoms with Gasteiger partial charge in [-0.25, -0.2) is 12.7 Å². The van der Waals surface area contributed by atoms with E-state index in [9.17, 15) is 13.2 Å². The van der Waals surface area contributed by atoms with Gasteiger partial charge in [-0.3, -0.25) is 9.79 Å². The SMILES string of the molecule is CCC(=O)N1CCC(NC(=NC)NCCN2CCCS2(=O)=O)C1. The number of amides is 1. The van der Waals surface area contributed by atoms with Crippen molar-refractivity contribution < 1.29 is 13.2 Å². The highest BCUT2D eigenvalue weighted by atomic mass is 32.2. The van der Waals surface area contributed by atoms with Gasteiger partial charge in [0.05, 0.1) is 5.75 Å². The van der Waals surface area contributed by atoms with Crippen LogP contribution in [0.3, 0.4) is 0 Å². The number of hydrogen-bond donors (Lipinski definition) is 2. The third-order valence-electron chi connectivity index (χ3n) is 4.26. The summed E-state index contributed by atoms with van der Waals surface area (Å²) in [7, 11) is -1.36. The molecule has 2 rings (SSSR count). The first kappa shape index (κ1) is 18.0. The summed E-state index contributed by atoms with van der Waals surface area (Å²) in [6.07, 6.45) is 2.13. The van der Waals surface area contributed by atoms with E-state index in [0.717, 1.165) is 13.0 Å². The van der Waals surface area contributed by atoms with E-state index < -0.39 is 10.0 Å². The molecular weight excluding hydrogens is 318 g/mol. The molecule has 0 aromatic carbocycles. The number of likely N-dealkylation sites (tertiary alicyclic amines) is 1. The molecule has 0 radical (unpaired) electrons. The fraction of sp³-hybridized carbons (Fsp3) is 0.857. The van der Waals surface area contributed by atoms with Crippen molar-refractivity contribution in [2.24, 2.45) is 4.99 Å². The second kappa shape index (κ2) is 7.96. The van der Waals surface area contributed by atoms with Crippen molar-refractivity contribution in [3.63, 3.8) is 0 Å². The lowest BCUT2D eigenvalue weighted by molar-refractivity contribution is -0.129. The molecule has 0 aliphatic carbocycles. The molecule has 9 heteroatoms. The van der Waals surface area contributed by atoms with Crippen molar-refractivity contribution >= 4 is 21.9 Å². The monoisotopic (exact) mass is 345 g/mol. The molecule has 2 aliphatic heterocycles. The fourth-order valence-corrected chi connectivity index (χ4v) is 4.49. The number of nitrogens with one attached hydrogen (secondary N) is 2. The maximum absolute atomic E-state index is 11.7. The summed E-state index contributed by atoms with van der Waals surface area (Å²) in [5.41, 5.74) is 0. The highest BCUT2D eigenvalue weighted by molar-refractivity contribution is 7.89. The van der Waals surface area contributed by atoms with Crippen LogP contribution >= 0.6 is 0 Å². The van der Waals surface area contributed by atoms with Crippen molar-refractivity contribution in [1.82, 2.24) is 19.8 Å². The molecule has 1 unspecified atom stereocenters. The summed E-state index contributed by atoms with van der Waals surface area (Å²) in [6, 6.07) is 0.187. The summed E-state index contributed by atoms with van der Waals surface area (Å²) in [4.78, 5) is 17.7. The van der Waals surface area contributed by atoms with Gasteiger partial charge in [-0.05, 0) is 12.8 Å². The van der Waals surface area contributed by atoms with Gasteiger partial charge >= 0.3 is 0 Å². The first-order chi connectivity index (χ1) is 11.0. The Morgan fingerprint density at radius 3 is 2.74 bits per heavy atom. The van der Waals surface area contributed by atoms with E-state index in [1.54, 1.807) is 7.05 Å². The number of aliphatic imine (C=N–C) groups is 1. The Morgan fingerprint density at radius 2 is 2.13 bits per heavy atom. The minimum Gasteiger partial charge on any atom is -0.355 e. The number of carbonyl (C=O) groups excluding carboxylic acids is 1. The van der Waals surface area contributed by atoms with Gasteiger partial charge in [0.25, 0.3) is 0 Å². The molecule has 2 heterocycles. The number of nitrogens with zero attached hydrogens (tertiary/aromatic N) is 3. The Bertz CT molecular complexity index is 549. The highest BCUT2D eigenvalue weighted by Crippen LogP contribution is 2.12. The quantitative estimate of drug-likeness (QED) is 0.502. The second-order valence-electron chi connectivity index (χ2n) is 5.89. The van der Waals surface area contributed by atoms with Crippen LogP contribution in [-0.2, 0) is 14.8 Å². The largest absolute Gasteiger partial charge is 0.355 e. The predicted octanol–water partition coefficient (Wildman–Crippen LogP) is -0.802. The molecular formula is C14H27N5O3S. The van der Waals surface area contributed by atoms with Gasteiger partial charge in [0.15, 0.2) is 5.96 Å². The van der Waals surface area contributed by atoms with Crippen LogP contribution in [0.25, 0.3) is 0 Å². The summed E-state index contributed by atoms with van der Waals surface area (Å²) < 4.78 is 25.0. The van der Waals surface area contributed by atoms with Gasteiger partial charge in [-0.2, -0.15) is 0 Å². The normalized spacial score (nSPS) is 24.9. The van der Waals surface area contributed by atoms with E-state index in [1.165, 1.54) is 4.31 Å². The van der Waals surface area contributed by atoms with Gasteiger partial charge in [0, 0.05) is 52.2 Å². The first-order valence-electron chi connectivity index (χ1n) is 8.19. The standard InChI is InChI=1S/C14H27N5O3S/c1-3-13(20)18-8-5-12(11-18)17-14(15-2)16-6-9-19-7-4-10-23(19,21)22/h12H,3-11H2,1-2H3,(H2,15,16,17). The number of rotatable bonds is 5. The van der Waals surface area contributed by atoms with Gasteiger partial charge in [-0.1, -0.05) is 6.92 Å². The summed E-state index contributed by atoms with van der Waals surface area (Å²) in [5, 5.41) is 6.45.